The maximum Gasteiger partial charge on any atom is 0.0637 e. The Morgan fingerprint density at radius 2 is 1.73 bits per heavy atom. The SMILES string of the molecule is CCCNc1cccc(Cc2ccccc2)c1N1CCCC1. The van der Waals surface area contributed by atoms with Gasteiger partial charge in [-0.15, -0.1) is 0 Å². The van der Waals surface area contributed by atoms with Gasteiger partial charge in [-0.3, -0.25) is 0 Å². The summed E-state index contributed by atoms with van der Waals surface area (Å²) in [7, 11) is 0. The number of anilines is 2. The van der Waals surface area contributed by atoms with Crippen LogP contribution in [0.1, 0.15) is 37.3 Å². The van der Waals surface area contributed by atoms with E-state index in [1.165, 1.54) is 48.4 Å². The molecule has 0 atom stereocenters. The van der Waals surface area contributed by atoms with E-state index in [1.807, 2.05) is 0 Å². The molecule has 1 saturated heterocycles. The van der Waals surface area contributed by atoms with E-state index in [0.29, 0.717) is 0 Å². The molecular weight excluding hydrogens is 268 g/mol. The highest BCUT2D eigenvalue weighted by atomic mass is 15.2. The minimum absolute atomic E-state index is 1.01. The zero-order valence-electron chi connectivity index (χ0n) is 13.5. The van der Waals surface area contributed by atoms with Crippen molar-refractivity contribution in [2.24, 2.45) is 0 Å². The Balaban J connectivity index is 1.93. The van der Waals surface area contributed by atoms with Crippen molar-refractivity contribution >= 4 is 11.4 Å². The van der Waals surface area contributed by atoms with Crippen molar-refractivity contribution < 1.29 is 0 Å². The summed E-state index contributed by atoms with van der Waals surface area (Å²) in [4.78, 5) is 2.57. The number of nitrogens with one attached hydrogen (secondary N) is 1. The van der Waals surface area contributed by atoms with Gasteiger partial charge in [-0.1, -0.05) is 49.4 Å². The first-order chi connectivity index (χ1) is 10.9. The van der Waals surface area contributed by atoms with Gasteiger partial charge in [0, 0.05) is 19.6 Å². The van der Waals surface area contributed by atoms with Crippen LogP contribution in [0.25, 0.3) is 0 Å². The molecule has 1 N–H and O–H groups in total. The van der Waals surface area contributed by atoms with Crippen LogP contribution in [0.4, 0.5) is 11.4 Å². The first-order valence-electron chi connectivity index (χ1n) is 8.53. The number of nitrogens with zero attached hydrogens (tertiary/aromatic N) is 1. The van der Waals surface area contributed by atoms with Crippen molar-refractivity contribution in [1.82, 2.24) is 0 Å². The average molecular weight is 294 g/mol. The van der Waals surface area contributed by atoms with E-state index in [9.17, 15) is 0 Å². The fraction of sp³-hybridized carbons (Fsp3) is 0.400. The summed E-state index contributed by atoms with van der Waals surface area (Å²) in [6, 6.07) is 17.5. The summed E-state index contributed by atoms with van der Waals surface area (Å²) < 4.78 is 0. The second-order valence-electron chi connectivity index (χ2n) is 6.10. The van der Waals surface area contributed by atoms with Gasteiger partial charge in [0.2, 0.25) is 0 Å². The van der Waals surface area contributed by atoms with Crippen LogP contribution in [0.5, 0.6) is 0 Å². The monoisotopic (exact) mass is 294 g/mol. The molecule has 0 aliphatic carbocycles. The largest absolute Gasteiger partial charge is 0.383 e. The summed E-state index contributed by atoms with van der Waals surface area (Å²) in [5, 5.41) is 3.62. The molecule has 3 rings (SSSR count). The predicted octanol–water partition coefficient (Wildman–Crippen LogP) is 4.70. The van der Waals surface area contributed by atoms with Gasteiger partial charge in [0.1, 0.15) is 0 Å². The average Bonchev–Trinajstić information content (AvgIpc) is 3.08. The summed E-state index contributed by atoms with van der Waals surface area (Å²) in [5.41, 5.74) is 5.55. The molecule has 2 aromatic carbocycles. The van der Waals surface area contributed by atoms with E-state index >= 15 is 0 Å². The Hall–Kier alpha value is -1.96. The topological polar surface area (TPSA) is 15.3 Å². The van der Waals surface area contributed by atoms with Gasteiger partial charge in [-0.2, -0.15) is 0 Å². The Morgan fingerprint density at radius 1 is 0.955 bits per heavy atom. The molecule has 1 aliphatic heterocycles. The third-order valence-corrected chi connectivity index (χ3v) is 4.34. The molecule has 22 heavy (non-hydrogen) atoms. The molecule has 0 unspecified atom stereocenters. The number of rotatable bonds is 6. The molecule has 116 valence electrons. The molecule has 2 nitrogen and oxygen atoms in total. The maximum atomic E-state index is 3.62. The van der Waals surface area contributed by atoms with Crippen LogP contribution in [0.15, 0.2) is 48.5 Å². The van der Waals surface area contributed by atoms with Crippen LogP contribution >= 0.6 is 0 Å². The quantitative estimate of drug-likeness (QED) is 0.830. The van der Waals surface area contributed by atoms with E-state index in [4.69, 9.17) is 0 Å². The third kappa shape index (κ3) is 3.44. The third-order valence-electron chi connectivity index (χ3n) is 4.34. The fourth-order valence-corrected chi connectivity index (χ4v) is 3.27. The molecule has 1 fully saturated rings. The van der Waals surface area contributed by atoms with E-state index in [1.54, 1.807) is 0 Å². The minimum Gasteiger partial charge on any atom is -0.383 e. The minimum atomic E-state index is 1.01. The summed E-state index contributed by atoms with van der Waals surface area (Å²) in [5.74, 6) is 0. The summed E-state index contributed by atoms with van der Waals surface area (Å²) >= 11 is 0. The van der Waals surface area contributed by atoms with Crippen molar-refractivity contribution in [1.29, 1.82) is 0 Å². The molecule has 1 aliphatic rings. The highest BCUT2D eigenvalue weighted by Crippen LogP contribution is 2.34. The number of hydrogen-bond donors (Lipinski definition) is 1. The van der Waals surface area contributed by atoms with Crippen LogP contribution in [0.3, 0.4) is 0 Å². The Morgan fingerprint density at radius 3 is 2.45 bits per heavy atom. The Bertz CT molecular complexity index is 586. The van der Waals surface area contributed by atoms with Crippen LogP contribution < -0.4 is 10.2 Å². The second kappa shape index (κ2) is 7.35. The fourth-order valence-electron chi connectivity index (χ4n) is 3.27. The van der Waals surface area contributed by atoms with Gasteiger partial charge in [0.15, 0.2) is 0 Å². The van der Waals surface area contributed by atoms with Crippen LogP contribution in [-0.4, -0.2) is 19.6 Å². The molecule has 0 saturated carbocycles. The van der Waals surface area contributed by atoms with Crippen LogP contribution in [0, 0.1) is 0 Å². The number of para-hydroxylation sites is 1. The van der Waals surface area contributed by atoms with E-state index in [-0.39, 0.29) is 0 Å². The lowest BCUT2D eigenvalue weighted by molar-refractivity contribution is 0.939. The van der Waals surface area contributed by atoms with Gasteiger partial charge in [0.05, 0.1) is 11.4 Å². The van der Waals surface area contributed by atoms with Crippen molar-refractivity contribution in [3.8, 4) is 0 Å². The molecule has 2 aromatic rings. The van der Waals surface area contributed by atoms with Crippen molar-refractivity contribution in [2.75, 3.05) is 29.9 Å². The van der Waals surface area contributed by atoms with Crippen molar-refractivity contribution in [2.45, 2.75) is 32.6 Å². The number of benzene rings is 2. The van der Waals surface area contributed by atoms with Gasteiger partial charge in [-0.25, -0.2) is 0 Å². The normalized spacial score (nSPS) is 14.3. The van der Waals surface area contributed by atoms with Crippen molar-refractivity contribution in [3.05, 3.63) is 59.7 Å². The molecule has 0 spiro atoms. The zero-order chi connectivity index (χ0) is 15.2. The lowest BCUT2D eigenvalue weighted by Gasteiger charge is -2.25. The van der Waals surface area contributed by atoms with Gasteiger partial charge < -0.3 is 10.2 Å². The molecule has 2 heteroatoms. The maximum absolute atomic E-state index is 3.62. The van der Waals surface area contributed by atoms with E-state index in [0.717, 1.165) is 19.4 Å². The first kappa shape index (κ1) is 15.0. The molecular formula is C20H26N2. The standard InChI is InChI=1S/C20H26N2/c1-2-13-21-19-12-8-11-18(16-17-9-4-3-5-10-17)20(19)22-14-6-7-15-22/h3-5,8-12,21H,2,6-7,13-16H2,1H3. The van der Waals surface area contributed by atoms with E-state index < -0.39 is 0 Å². The molecule has 1 heterocycles. The molecule has 0 amide bonds. The Labute approximate surface area is 134 Å². The van der Waals surface area contributed by atoms with Gasteiger partial charge in [0.25, 0.3) is 0 Å². The highest BCUT2D eigenvalue weighted by Gasteiger charge is 2.19. The van der Waals surface area contributed by atoms with Crippen molar-refractivity contribution in [3.63, 3.8) is 0 Å². The smallest absolute Gasteiger partial charge is 0.0637 e. The summed E-state index contributed by atoms with van der Waals surface area (Å²) in [6.07, 6.45) is 4.79. The molecule has 0 bridgehead atoms. The van der Waals surface area contributed by atoms with Gasteiger partial charge >= 0.3 is 0 Å². The first-order valence-corrected chi connectivity index (χ1v) is 8.53. The zero-order valence-corrected chi connectivity index (χ0v) is 13.5. The summed E-state index contributed by atoms with van der Waals surface area (Å²) in [6.45, 7) is 5.63. The molecule has 0 radical (unpaired) electrons. The van der Waals surface area contributed by atoms with Crippen LogP contribution in [0.2, 0.25) is 0 Å². The lowest BCUT2D eigenvalue weighted by Crippen LogP contribution is -2.21. The highest BCUT2D eigenvalue weighted by molar-refractivity contribution is 5.74. The molecule has 0 aromatic heterocycles. The van der Waals surface area contributed by atoms with E-state index in [2.05, 4.69) is 65.7 Å². The lowest BCUT2D eigenvalue weighted by atomic mass is 10.0. The van der Waals surface area contributed by atoms with Gasteiger partial charge in [-0.05, 0) is 42.9 Å². The van der Waals surface area contributed by atoms with Crippen LogP contribution in [-0.2, 0) is 6.42 Å². The Kier molecular flexibility index (Phi) is 4.99. The predicted molar refractivity (Wildman–Crippen MR) is 95.9 cm³/mol. The second-order valence-corrected chi connectivity index (χ2v) is 6.10. The number of hydrogen-bond acceptors (Lipinski definition) is 2.